The van der Waals surface area contributed by atoms with E-state index < -0.39 is 0 Å². The topological polar surface area (TPSA) is 83.7 Å². The minimum absolute atomic E-state index is 0.0467. The van der Waals surface area contributed by atoms with Crippen molar-refractivity contribution in [1.82, 2.24) is 9.80 Å². The Morgan fingerprint density at radius 3 is 2.24 bits per heavy atom. The van der Waals surface area contributed by atoms with Crippen LogP contribution in [0.1, 0.15) is 56.9 Å². The van der Waals surface area contributed by atoms with Crippen molar-refractivity contribution < 1.29 is 14.4 Å². The summed E-state index contributed by atoms with van der Waals surface area (Å²) < 4.78 is 0. The number of carbonyl (C=O) groups is 3. The van der Waals surface area contributed by atoms with Crippen LogP contribution in [0.5, 0.6) is 0 Å². The van der Waals surface area contributed by atoms with E-state index in [0.29, 0.717) is 29.2 Å². The molecule has 1 aliphatic heterocycles. The van der Waals surface area contributed by atoms with Gasteiger partial charge < -0.3 is 10.6 Å². The Morgan fingerprint density at radius 1 is 1.03 bits per heavy atom. The summed E-state index contributed by atoms with van der Waals surface area (Å²) >= 11 is 0. The molecule has 0 saturated heterocycles. The highest BCUT2D eigenvalue weighted by atomic mass is 16.2. The van der Waals surface area contributed by atoms with E-state index in [1.165, 1.54) is 4.90 Å². The Balaban J connectivity index is 1.69. The number of hydrogen-bond acceptors (Lipinski definition) is 4. The molecule has 1 atom stereocenters. The van der Waals surface area contributed by atoms with Gasteiger partial charge in [0.15, 0.2) is 0 Å². The molecule has 2 N–H and O–H groups in total. The Labute approximate surface area is 171 Å². The standard InChI is InChI=1S/C23H27N3O3/c1-15(2)20(24)11-12-25(3)21(27)17-8-6-7-16(13-17)14-26-22(28)18-9-4-5-10-19(18)23(26)29/h4-10,13,15,20H,11-12,14,24H2,1-3H3. The van der Waals surface area contributed by atoms with Crippen molar-refractivity contribution in [1.29, 1.82) is 0 Å². The molecule has 2 aromatic rings. The van der Waals surface area contributed by atoms with Gasteiger partial charge in [-0.05, 0) is 42.2 Å². The molecular weight excluding hydrogens is 366 g/mol. The second-order valence-corrected chi connectivity index (χ2v) is 7.87. The number of nitrogens with two attached hydrogens (primary N) is 1. The van der Waals surface area contributed by atoms with Gasteiger partial charge in [0.1, 0.15) is 0 Å². The normalized spacial score (nSPS) is 14.3. The van der Waals surface area contributed by atoms with E-state index in [1.54, 1.807) is 54.4 Å². The first-order valence-electron chi connectivity index (χ1n) is 9.84. The van der Waals surface area contributed by atoms with Crippen molar-refractivity contribution in [3.8, 4) is 0 Å². The highest BCUT2D eigenvalue weighted by molar-refractivity contribution is 6.21. The van der Waals surface area contributed by atoms with Gasteiger partial charge in [0, 0.05) is 25.2 Å². The van der Waals surface area contributed by atoms with E-state index in [1.807, 2.05) is 6.07 Å². The third kappa shape index (κ3) is 4.38. The maximum absolute atomic E-state index is 12.8. The van der Waals surface area contributed by atoms with Crippen molar-refractivity contribution in [2.24, 2.45) is 11.7 Å². The Kier molecular flexibility index (Phi) is 6.13. The smallest absolute Gasteiger partial charge is 0.261 e. The van der Waals surface area contributed by atoms with E-state index >= 15 is 0 Å². The second kappa shape index (κ2) is 8.57. The summed E-state index contributed by atoms with van der Waals surface area (Å²) in [6, 6.07) is 13.9. The lowest BCUT2D eigenvalue weighted by molar-refractivity contribution is 0.0642. The highest BCUT2D eigenvalue weighted by Crippen LogP contribution is 2.24. The van der Waals surface area contributed by atoms with Crippen molar-refractivity contribution in [3.05, 3.63) is 70.8 Å². The molecule has 0 spiro atoms. The van der Waals surface area contributed by atoms with Crippen LogP contribution in [0.3, 0.4) is 0 Å². The summed E-state index contributed by atoms with van der Waals surface area (Å²) in [7, 11) is 1.76. The summed E-state index contributed by atoms with van der Waals surface area (Å²) in [6.07, 6.45) is 0.731. The Morgan fingerprint density at radius 2 is 1.66 bits per heavy atom. The predicted octanol–water partition coefficient (Wildman–Crippen LogP) is 2.93. The molecule has 0 aliphatic carbocycles. The van der Waals surface area contributed by atoms with Gasteiger partial charge in [0.05, 0.1) is 17.7 Å². The van der Waals surface area contributed by atoms with Crippen LogP contribution in [0.15, 0.2) is 48.5 Å². The zero-order valence-electron chi connectivity index (χ0n) is 17.1. The molecule has 1 aliphatic rings. The number of imide groups is 1. The van der Waals surface area contributed by atoms with E-state index in [9.17, 15) is 14.4 Å². The molecule has 0 radical (unpaired) electrons. The number of amides is 3. The summed E-state index contributed by atoms with van der Waals surface area (Å²) in [5.74, 6) is -0.351. The third-order valence-corrected chi connectivity index (χ3v) is 5.39. The second-order valence-electron chi connectivity index (χ2n) is 7.87. The zero-order valence-corrected chi connectivity index (χ0v) is 17.1. The molecule has 29 heavy (non-hydrogen) atoms. The molecule has 0 fully saturated rings. The molecule has 0 saturated carbocycles. The van der Waals surface area contributed by atoms with Gasteiger partial charge in [-0.2, -0.15) is 0 Å². The maximum Gasteiger partial charge on any atom is 0.261 e. The van der Waals surface area contributed by atoms with Crippen LogP contribution < -0.4 is 5.73 Å². The molecule has 6 nitrogen and oxygen atoms in total. The number of rotatable bonds is 7. The molecule has 3 rings (SSSR count). The van der Waals surface area contributed by atoms with Gasteiger partial charge in [0.2, 0.25) is 0 Å². The van der Waals surface area contributed by atoms with Crippen LogP contribution in [0.25, 0.3) is 0 Å². The number of carbonyl (C=O) groups excluding carboxylic acids is 3. The Bertz CT molecular complexity index is 903. The number of hydrogen-bond donors (Lipinski definition) is 1. The van der Waals surface area contributed by atoms with E-state index in [2.05, 4.69) is 13.8 Å². The van der Waals surface area contributed by atoms with Crippen molar-refractivity contribution in [2.45, 2.75) is 32.9 Å². The first-order valence-corrected chi connectivity index (χ1v) is 9.84. The highest BCUT2D eigenvalue weighted by Gasteiger charge is 2.35. The SMILES string of the molecule is CC(C)C(N)CCN(C)C(=O)c1cccc(CN2C(=O)c3ccccc3C2=O)c1. The first kappa shape index (κ1) is 20.7. The molecule has 152 valence electrons. The molecule has 0 bridgehead atoms. The van der Waals surface area contributed by atoms with Crippen LogP contribution in [0, 0.1) is 5.92 Å². The monoisotopic (exact) mass is 393 g/mol. The number of fused-ring (bicyclic) bond motifs is 1. The lowest BCUT2D eigenvalue weighted by Crippen LogP contribution is -2.34. The predicted molar refractivity (Wildman–Crippen MR) is 111 cm³/mol. The quantitative estimate of drug-likeness (QED) is 0.733. The molecule has 0 aromatic heterocycles. The largest absolute Gasteiger partial charge is 0.342 e. The van der Waals surface area contributed by atoms with Crippen LogP contribution in [-0.2, 0) is 6.54 Å². The number of nitrogens with zero attached hydrogens (tertiary/aromatic N) is 2. The summed E-state index contributed by atoms with van der Waals surface area (Å²) in [5, 5.41) is 0. The fourth-order valence-corrected chi connectivity index (χ4v) is 3.37. The first-order chi connectivity index (χ1) is 13.8. The number of benzene rings is 2. The summed E-state index contributed by atoms with van der Waals surface area (Å²) in [6.45, 7) is 4.83. The van der Waals surface area contributed by atoms with Crippen LogP contribution >= 0.6 is 0 Å². The lowest BCUT2D eigenvalue weighted by Gasteiger charge is -2.22. The molecule has 3 amide bonds. The fraction of sp³-hybridized carbons (Fsp3) is 0.348. The van der Waals surface area contributed by atoms with Gasteiger partial charge in [0.25, 0.3) is 17.7 Å². The minimum Gasteiger partial charge on any atom is -0.342 e. The van der Waals surface area contributed by atoms with Crippen LogP contribution in [-0.4, -0.2) is 47.2 Å². The van der Waals surface area contributed by atoms with Crippen molar-refractivity contribution in [2.75, 3.05) is 13.6 Å². The summed E-state index contributed by atoms with van der Waals surface area (Å²) in [5.41, 5.74) is 8.18. The van der Waals surface area contributed by atoms with Crippen LogP contribution in [0.2, 0.25) is 0 Å². The zero-order chi connectivity index (χ0) is 21.1. The van der Waals surface area contributed by atoms with Gasteiger partial charge >= 0.3 is 0 Å². The van der Waals surface area contributed by atoms with Gasteiger partial charge in [-0.1, -0.05) is 38.1 Å². The van der Waals surface area contributed by atoms with E-state index in [0.717, 1.165) is 12.0 Å². The lowest BCUT2D eigenvalue weighted by atomic mass is 10.0. The average Bonchev–Trinajstić information content (AvgIpc) is 2.96. The molecule has 2 aromatic carbocycles. The maximum atomic E-state index is 12.8. The average molecular weight is 393 g/mol. The van der Waals surface area contributed by atoms with Crippen molar-refractivity contribution >= 4 is 17.7 Å². The van der Waals surface area contributed by atoms with Crippen molar-refractivity contribution in [3.63, 3.8) is 0 Å². The fourth-order valence-electron chi connectivity index (χ4n) is 3.37. The van der Waals surface area contributed by atoms with Gasteiger partial charge in [-0.15, -0.1) is 0 Å². The third-order valence-electron chi connectivity index (χ3n) is 5.39. The molecule has 1 heterocycles. The van der Waals surface area contributed by atoms with E-state index in [4.69, 9.17) is 5.73 Å². The van der Waals surface area contributed by atoms with E-state index in [-0.39, 0.29) is 30.3 Å². The summed E-state index contributed by atoms with van der Waals surface area (Å²) in [4.78, 5) is 40.8. The molecule has 6 heteroatoms. The van der Waals surface area contributed by atoms with Gasteiger partial charge in [-0.3, -0.25) is 19.3 Å². The molecular formula is C23H27N3O3. The molecule has 1 unspecified atom stereocenters. The Hall–Kier alpha value is -2.99. The van der Waals surface area contributed by atoms with Crippen LogP contribution in [0.4, 0.5) is 0 Å². The minimum atomic E-state index is -0.304. The van der Waals surface area contributed by atoms with Gasteiger partial charge in [-0.25, -0.2) is 0 Å².